The molecule has 1 aromatic rings. The van der Waals surface area contributed by atoms with Gasteiger partial charge in [0, 0.05) is 26.2 Å². The molecule has 0 amide bonds. The number of benzene rings is 1. The second-order valence-corrected chi connectivity index (χ2v) is 3.67. The average molecular weight is 222 g/mol. The van der Waals surface area contributed by atoms with Crippen LogP contribution in [-0.2, 0) is 0 Å². The molecule has 4 heteroatoms. The second-order valence-electron chi connectivity index (χ2n) is 3.67. The van der Waals surface area contributed by atoms with Gasteiger partial charge in [0.2, 0.25) is 0 Å². The third-order valence-corrected chi connectivity index (χ3v) is 2.26. The predicted octanol–water partition coefficient (Wildman–Crippen LogP) is 0.872. The molecular weight excluding hydrogens is 204 g/mol. The van der Waals surface area contributed by atoms with Crippen LogP contribution in [0.25, 0.3) is 0 Å². The average Bonchev–Trinajstić information content (AvgIpc) is 2.32. The van der Waals surface area contributed by atoms with Gasteiger partial charge in [-0.05, 0) is 19.1 Å². The summed E-state index contributed by atoms with van der Waals surface area (Å²) in [6, 6.07) is 6.75. The van der Waals surface area contributed by atoms with E-state index in [1.54, 1.807) is 24.3 Å². The summed E-state index contributed by atoms with van der Waals surface area (Å²) in [6.07, 6.45) is 0. The van der Waals surface area contributed by atoms with Gasteiger partial charge in [-0.25, -0.2) is 4.79 Å². The lowest BCUT2D eigenvalue weighted by atomic mass is 10.2. The summed E-state index contributed by atoms with van der Waals surface area (Å²) in [5, 5.41) is 14.9. The molecule has 16 heavy (non-hydrogen) atoms. The van der Waals surface area contributed by atoms with Crippen molar-refractivity contribution in [1.82, 2.24) is 10.6 Å². The largest absolute Gasteiger partial charge is 0.478 e. The minimum Gasteiger partial charge on any atom is -0.478 e. The number of piperazine rings is 1. The van der Waals surface area contributed by atoms with E-state index in [0.29, 0.717) is 5.56 Å². The Kier molecular flexibility index (Phi) is 5.53. The van der Waals surface area contributed by atoms with Gasteiger partial charge in [-0.15, -0.1) is 0 Å². The van der Waals surface area contributed by atoms with Gasteiger partial charge in [0.25, 0.3) is 0 Å². The molecule has 1 aliphatic heterocycles. The van der Waals surface area contributed by atoms with E-state index in [1.807, 2.05) is 6.92 Å². The Balaban J connectivity index is 0.000000181. The normalized spacial score (nSPS) is 14.8. The van der Waals surface area contributed by atoms with E-state index in [2.05, 4.69) is 10.6 Å². The molecule has 0 saturated carbocycles. The second kappa shape index (κ2) is 6.98. The summed E-state index contributed by atoms with van der Waals surface area (Å²) in [6.45, 7) is 6.48. The molecule has 0 aliphatic carbocycles. The van der Waals surface area contributed by atoms with Gasteiger partial charge in [0.05, 0.1) is 5.56 Å². The molecule has 0 atom stereocenters. The van der Waals surface area contributed by atoms with Crippen LogP contribution in [0.5, 0.6) is 0 Å². The van der Waals surface area contributed by atoms with E-state index in [9.17, 15) is 4.79 Å². The van der Waals surface area contributed by atoms with Crippen LogP contribution in [0.4, 0.5) is 0 Å². The maximum atomic E-state index is 10.3. The van der Waals surface area contributed by atoms with Crippen LogP contribution < -0.4 is 10.6 Å². The van der Waals surface area contributed by atoms with Gasteiger partial charge >= 0.3 is 5.97 Å². The summed E-state index contributed by atoms with van der Waals surface area (Å²) in [5.41, 5.74) is 1.41. The zero-order valence-corrected chi connectivity index (χ0v) is 9.49. The van der Waals surface area contributed by atoms with Crippen molar-refractivity contribution in [2.24, 2.45) is 0 Å². The smallest absolute Gasteiger partial charge is 0.335 e. The van der Waals surface area contributed by atoms with E-state index in [0.717, 1.165) is 31.7 Å². The molecule has 0 aromatic heterocycles. The van der Waals surface area contributed by atoms with Crippen LogP contribution in [0, 0.1) is 6.92 Å². The van der Waals surface area contributed by atoms with Gasteiger partial charge in [0.1, 0.15) is 0 Å². The van der Waals surface area contributed by atoms with Crippen molar-refractivity contribution in [2.75, 3.05) is 26.2 Å². The minimum atomic E-state index is -0.875. The first-order chi connectivity index (χ1) is 7.70. The molecule has 2 rings (SSSR count). The Bertz CT molecular complexity index is 307. The van der Waals surface area contributed by atoms with Crippen LogP contribution in [0.2, 0.25) is 0 Å². The highest BCUT2D eigenvalue weighted by molar-refractivity contribution is 5.87. The first kappa shape index (κ1) is 12.7. The van der Waals surface area contributed by atoms with E-state index in [-0.39, 0.29) is 0 Å². The first-order valence-electron chi connectivity index (χ1n) is 5.41. The summed E-state index contributed by atoms with van der Waals surface area (Å²) in [7, 11) is 0. The van der Waals surface area contributed by atoms with Crippen LogP contribution in [0.15, 0.2) is 24.3 Å². The van der Waals surface area contributed by atoms with Crippen molar-refractivity contribution in [3.8, 4) is 0 Å². The topological polar surface area (TPSA) is 61.4 Å². The lowest BCUT2D eigenvalue weighted by Crippen LogP contribution is -2.39. The fourth-order valence-corrected chi connectivity index (χ4v) is 1.30. The fourth-order valence-electron chi connectivity index (χ4n) is 1.30. The van der Waals surface area contributed by atoms with Crippen LogP contribution in [-0.4, -0.2) is 37.3 Å². The zero-order valence-electron chi connectivity index (χ0n) is 9.49. The van der Waals surface area contributed by atoms with Gasteiger partial charge < -0.3 is 15.7 Å². The van der Waals surface area contributed by atoms with Crippen molar-refractivity contribution in [3.05, 3.63) is 35.4 Å². The minimum absolute atomic E-state index is 0.339. The Morgan fingerprint density at radius 3 is 1.81 bits per heavy atom. The van der Waals surface area contributed by atoms with Crippen molar-refractivity contribution in [3.63, 3.8) is 0 Å². The van der Waals surface area contributed by atoms with Crippen molar-refractivity contribution < 1.29 is 9.90 Å². The van der Waals surface area contributed by atoms with Crippen LogP contribution in [0.1, 0.15) is 15.9 Å². The number of carboxylic acid groups (broad SMARTS) is 1. The summed E-state index contributed by atoms with van der Waals surface area (Å²) in [5.74, 6) is -0.875. The predicted molar refractivity (Wildman–Crippen MR) is 63.9 cm³/mol. The summed E-state index contributed by atoms with van der Waals surface area (Å²) in [4.78, 5) is 10.3. The molecule has 1 aliphatic rings. The fraction of sp³-hybridized carbons (Fsp3) is 0.417. The maximum absolute atomic E-state index is 10.3. The number of aryl methyl sites for hydroxylation is 1. The highest BCUT2D eigenvalue weighted by atomic mass is 16.4. The lowest BCUT2D eigenvalue weighted by Gasteiger charge is -2.11. The molecule has 1 heterocycles. The summed E-state index contributed by atoms with van der Waals surface area (Å²) < 4.78 is 0. The van der Waals surface area contributed by atoms with Crippen molar-refractivity contribution in [1.29, 1.82) is 0 Å². The SMILES string of the molecule is C1CNCCN1.Cc1ccc(C(=O)O)cc1. The van der Waals surface area contributed by atoms with E-state index in [1.165, 1.54) is 0 Å². The highest BCUT2D eigenvalue weighted by Crippen LogP contribution is 2.01. The van der Waals surface area contributed by atoms with Gasteiger partial charge in [-0.2, -0.15) is 0 Å². The van der Waals surface area contributed by atoms with Crippen molar-refractivity contribution in [2.45, 2.75) is 6.92 Å². The monoisotopic (exact) mass is 222 g/mol. The van der Waals surface area contributed by atoms with Crippen LogP contribution in [0.3, 0.4) is 0 Å². The molecule has 1 aromatic carbocycles. The molecule has 3 N–H and O–H groups in total. The van der Waals surface area contributed by atoms with Gasteiger partial charge in [-0.1, -0.05) is 17.7 Å². The highest BCUT2D eigenvalue weighted by Gasteiger charge is 1.98. The number of carboxylic acids is 1. The third-order valence-electron chi connectivity index (χ3n) is 2.26. The molecule has 4 nitrogen and oxygen atoms in total. The number of carbonyl (C=O) groups is 1. The lowest BCUT2D eigenvalue weighted by molar-refractivity contribution is 0.0697. The van der Waals surface area contributed by atoms with E-state index < -0.39 is 5.97 Å². The molecule has 0 radical (unpaired) electrons. The third kappa shape index (κ3) is 4.91. The molecule has 0 bridgehead atoms. The number of rotatable bonds is 1. The molecular formula is C12H18N2O2. The quantitative estimate of drug-likeness (QED) is 0.660. The Labute approximate surface area is 95.7 Å². The number of hydrogen-bond donors (Lipinski definition) is 3. The Morgan fingerprint density at radius 2 is 1.50 bits per heavy atom. The molecule has 88 valence electrons. The molecule has 0 spiro atoms. The summed E-state index contributed by atoms with van der Waals surface area (Å²) >= 11 is 0. The maximum Gasteiger partial charge on any atom is 0.335 e. The first-order valence-corrected chi connectivity index (χ1v) is 5.41. The molecule has 1 fully saturated rings. The van der Waals surface area contributed by atoms with Crippen molar-refractivity contribution >= 4 is 5.97 Å². The zero-order chi connectivity index (χ0) is 11.8. The van der Waals surface area contributed by atoms with Gasteiger partial charge in [-0.3, -0.25) is 0 Å². The van der Waals surface area contributed by atoms with Gasteiger partial charge in [0.15, 0.2) is 0 Å². The number of hydrogen-bond acceptors (Lipinski definition) is 3. The Hall–Kier alpha value is -1.39. The number of aromatic carboxylic acids is 1. The standard InChI is InChI=1S/C8H8O2.C4H10N2/c1-6-2-4-7(5-3-6)8(9)10;1-2-6-4-3-5-1/h2-5H,1H3,(H,9,10);5-6H,1-4H2. The molecule has 1 saturated heterocycles. The molecule has 0 unspecified atom stereocenters. The number of nitrogens with one attached hydrogen (secondary N) is 2. The Morgan fingerprint density at radius 1 is 1.06 bits per heavy atom. The van der Waals surface area contributed by atoms with Crippen LogP contribution >= 0.6 is 0 Å². The van der Waals surface area contributed by atoms with E-state index in [4.69, 9.17) is 5.11 Å². The van der Waals surface area contributed by atoms with E-state index >= 15 is 0 Å².